The Labute approximate surface area is 219 Å². The number of phenolic OH excluding ortho intramolecular Hbond substituents is 1. The lowest BCUT2D eigenvalue weighted by Crippen LogP contribution is -2.58. The van der Waals surface area contributed by atoms with Crippen LogP contribution in [0, 0.1) is 11.8 Å². The number of hydrogen-bond donors (Lipinski definition) is 6. The van der Waals surface area contributed by atoms with E-state index in [2.05, 4.69) is 5.32 Å². The van der Waals surface area contributed by atoms with Gasteiger partial charge in [-0.1, -0.05) is 0 Å². The number of phenols is 1. The molecule has 0 unspecified atom stereocenters. The fraction of sp³-hybridized carbons (Fsp3) is 0.500. The van der Waals surface area contributed by atoms with Crippen LogP contribution in [0.15, 0.2) is 23.0 Å². The van der Waals surface area contributed by atoms with Crippen molar-refractivity contribution in [1.82, 2.24) is 5.32 Å². The fourth-order valence-electron chi connectivity index (χ4n) is 5.84. The molecule has 38 heavy (non-hydrogen) atoms. The summed E-state index contributed by atoms with van der Waals surface area (Å²) in [4.78, 5) is 39.8. The van der Waals surface area contributed by atoms with E-state index in [0.29, 0.717) is 23.4 Å². The average molecular weight is 532 g/mol. The average Bonchev–Trinajstić information content (AvgIpc) is 2.84. The number of benzene rings is 1. The Bertz CT molecular complexity index is 1260. The molecule has 12 heteroatoms. The first-order chi connectivity index (χ1) is 17.9. The third kappa shape index (κ3) is 4.13. The number of Topliss-reactive ketones (excluding diaryl/α,β-unsaturated/α-hetero) is 2. The van der Waals surface area contributed by atoms with Gasteiger partial charge in [-0.05, 0) is 30.4 Å². The number of primary amides is 1. The van der Waals surface area contributed by atoms with Gasteiger partial charge in [0, 0.05) is 70.6 Å². The Kier molecular flexibility index (Phi) is 7.28. The number of hydrogen-bond acceptors (Lipinski definition) is 11. The topological polar surface area (TPSA) is 192 Å². The quantitative estimate of drug-likeness (QED) is 0.198. The maximum Gasteiger partial charge on any atom is 0.255 e. The Hall–Kier alpha value is -3.45. The molecule has 0 aromatic heterocycles. The van der Waals surface area contributed by atoms with Crippen molar-refractivity contribution in [3.8, 4) is 5.75 Å². The molecule has 0 heterocycles. The van der Waals surface area contributed by atoms with Crippen LogP contribution in [0.3, 0.4) is 0 Å². The van der Waals surface area contributed by atoms with Crippen LogP contribution in [0.5, 0.6) is 5.75 Å². The molecule has 0 radical (unpaired) electrons. The highest BCUT2D eigenvalue weighted by molar-refractivity contribution is 6.22. The van der Waals surface area contributed by atoms with Crippen molar-refractivity contribution >= 4 is 28.9 Å². The predicted octanol–water partition coefficient (Wildman–Crippen LogP) is 0.198. The number of nitrogens with two attached hydrogens (primary N) is 1. The van der Waals surface area contributed by atoms with Crippen LogP contribution in [-0.2, 0) is 36.8 Å². The van der Waals surface area contributed by atoms with Crippen molar-refractivity contribution < 1.29 is 44.3 Å². The molecule has 4 rings (SSSR count). The molecular weight excluding hydrogens is 498 g/mol. The third-order valence-electron chi connectivity index (χ3n) is 7.75. The van der Waals surface area contributed by atoms with Crippen molar-refractivity contribution in [1.29, 1.82) is 0 Å². The minimum Gasteiger partial charge on any atom is -0.508 e. The van der Waals surface area contributed by atoms with Gasteiger partial charge in [-0.3, -0.25) is 14.4 Å². The van der Waals surface area contributed by atoms with Crippen LogP contribution in [0.4, 0.5) is 5.69 Å². The number of ketones is 2. The molecule has 3 aliphatic carbocycles. The first-order valence-corrected chi connectivity index (χ1v) is 12.2. The van der Waals surface area contributed by atoms with Crippen molar-refractivity contribution in [2.24, 2.45) is 17.6 Å². The number of nitrogens with zero attached hydrogens (tertiary/aromatic N) is 1. The molecular formula is C26H33N3O9. The van der Waals surface area contributed by atoms with Gasteiger partial charge in [0.1, 0.15) is 22.8 Å². The largest absolute Gasteiger partial charge is 0.508 e. The number of methoxy groups -OCH3 is 2. The summed E-state index contributed by atoms with van der Waals surface area (Å²) in [5, 5.41) is 47.8. The number of carbonyl (C=O) groups excluding carboxylic acids is 3. The van der Waals surface area contributed by atoms with Crippen LogP contribution in [0.25, 0.3) is 5.76 Å². The van der Waals surface area contributed by atoms with Gasteiger partial charge < -0.3 is 45.9 Å². The highest BCUT2D eigenvalue weighted by Crippen LogP contribution is 2.53. The second-order valence-electron chi connectivity index (χ2n) is 10.1. The van der Waals surface area contributed by atoms with Gasteiger partial charge in [-0.25, -0.2) is 0 Å². The molecule has 1 aromatic rings. The zero-order valence-corrected chi connectivity index (χ0v) is 21.7. The standard InChI is InChI=1S/C26H33N3O9/c1-29(2)15-7-12(9-28-10-17(37-3)38-4)21(31)19-14(15)6-11-5-13-8-16(30)20(25(27)35)24(34)26(13,36)23(33)18(11)22(19)32/h7,11,13,17,28,31-32,34,36H,5-6,8-10H2,1-4H3,(H2,27,35)/t11-,13+,26+/m1/s1. The second kappa shape index (κ2) is 10.0. The summed E-state index contributed by atoms with van der Waals surface area (Å²) in [6, 6.07) is 1.78. The summed E-state index contributed by atoms with van der Waals surface area (Å²) in [7, 11) is 6.62. The van der Waals surface area contributed by atoms with Crippen LogP contribution in [-0.4, -0.2) is 84.7 Å². The molecule has 12 nitrogen and oxygen atoms in total. The Balaban J connectivity index is 1.83. The van der Waals surface area contributed by atoms with E-state index in [0.717, 1.165) is 0 Å². The monoisotopic (exact) mass is 531 g/mol. The molecule has 0 bridgehead atoms. The number of ether oxygens (including phenoxy) is 2. The third-order valence-corrected chi connectivity index (χ3v) is 7.75. The summed E-state index contributed by atoms with van der Waals surface area (Å²) in [5.74, 6) is -6.50. The smallest absolute Gasteiger partial charge is 0.255 e. The number of fused-ring (bicyclic) bond motifs is 3. The van der Waals surface area contributed by atoms with E-state index >= 15 is 0 Å². The van der Waals surface area contributed by atoms with Crippen LogP contribution < -0.4 is 16.0 Å². The molecule has 0 aliphatic heterocycles. The van der Waals surface area contributed by atoms with E-state index in [1.807, 2.05) is 19.0 Å². The zero-order chi connectivity index (χ0) is 28.1. The summed E-state index contributed by atoms with van der Waals surface area (Å²) < 4.78 is 10.3. The zero-order valence-electron chi connectivity index (χ0n) is 21.7. The van der Waals surface area contributed by atoms with Gasteiger partial charge in [-0.15, -0.1) is 0 Å². The number of amides is 1. The number of carbonyl (C=O) groups is 3. The molecule has 0 spiro atoms. The predicted molar refractivity (Wildman–Crippen MR) is 135 cm³/mol. The summed E-state index contributed by atoms with van der Waals surface area (Å²) in [6.45, 7) is 0.498. The molecule has 1 aromatic carbocycles. The van der Waals surface area contributed by atoms with Gasteiger partial charge in [0.2, 0.25) is 5.78 Å². The second-order valence-corrected chi connectivity index (χ2v) is 10.1. The van der Waals surface area contributed by atoms with Crippen LogP contribution in [0.1, 0.15) is 29.5 Å². The summed E-state index contributed by atoms with van der Waals surface area (Å²) in [6.07, 6.45) is -0.558. The van der Waals surface area contributed by atoms with Gasteiger partial charge >= 0.3 is 0 Å². The van der Waals surface area contributed by atoms with E-state index in [-0.39, 0.29) is 42.7 Å². The van der Waals surface area contributed by atoms with Crippen LogP contribution in [0.2, 0.25) is 0 Å². The maximum atomic E-state index is 13.7. The van der Waals surface area contributed by atoms with Crippen LogP contribution >= 0.6 is 0 Å². The number of aromatic hydroxyl groups is 1. The first kappa shape index (κ1) is 27.6. The minimum atomic E-state index is -2.59. The molecule has 206 valence electrons. The number of aliphatic hydroxyl groups excluding tert-OH is 2. The van der Waals surface area contributed by atoms with Crippen molar-refractivity contribution in [2.45, 2.75) is 37.7 Å². The first-order valence-electron chi connectivity index (χ1n) is 12.2. The molecule has 1 saturated carbocycles. The van der Waals surface area contributed by atoms with E-state index < -0.39 is 58.3 Å². The lowest BCUT2D eigenvalue weighted by Gasteiger charge is -2.46. The maximum absolute atomic E-state index is 13.7. The van der Waals surface area contributed by atoms with E-state index in [1.165, 1.54) is 14.2 Å². The Morgan fingerprint density at radius 3 is 2.45 bits per heavy atom. The number of nitrogens with one attached hydrogen (secondary N) is 1. The van der Waals surface area contributed by atoms with E-state index in [9.17, 15) is 34.8 Å². The lowest BCUT2D eigenvalue weighted by molar-refractivity contribution is -0.147. The highest BCUT2D eigenvalue weighted by Gasteiger charge is 2.60. The fourth-order valence-corrected chi connectivity index (χ4v) is 5.84. The highest BCUT2D eigenvalue weighted by atomic mass is 16.7. The van der Waals surface area contributed by atoms with Gasteiger partial charge in [0.05, 0.1) is 5.56 Å². The van der Waals surface area contributed by atoms with Crippen molar-refractivity contribution in [3.05, 3.63) is 39.7 Å². The number of anilines is 1. The Morgan fingerprint density at radius 1 is 1.21 bits per heavy atom. The number of rotatable bonds is 8. The summed E-state index contributed by atoms with van der Waals surface area (Å²) >= 11 is 0. The SMILES string of the molecule is COC(CNCc1cc(N(C)C)c2c(c1O)C(O)=C1C(=O)[C@]3(O)C(O)=C(C(N)=O)C(=O)C[C@@H]3C[C@@H]1C2)OC. The molecule has 1 amide bonds. The lowest BCUT2D eigenvalue weighted by atomic mass is 9.59. The molecule has 7 N–H and O–H groups in total. The minimum absolute atomic E-state index is 0.0511. The van der Waals surface area contributed by atoms with Gasteiger partial charge in [0.15, 0.2) is 17.7 Å². The van der Waals surface area contributed by atoms with Gasteiger partial charge in [0.25, 0.3) is 5.91 Å². The molecule has 0 saturated heterocycles. The van der Waals surface area contributed by atoms with Crippen molar-refractivity contribution in [3.63, 3.8) is 0 Å². The Morgan fingerprint density at radius 2 is 1.87 bits per heavy atom. The summed E-state index contributed by atoms with van der Waals surface area (Å²) in [5.41, 5.74) is 3.45. The molecule has 3 aliphatic rings. The van der Waals surface area contributed by atoms with E-state index in [4.69, 9.17) is 15.2 Å². The number of aliphatic hydroxyl groups is 3. The molecule has 1 fully saturated rings. The van der Waals surface area contributed by atoms with Gasteiger partial charge in [-0.2, -0.15) is 0 Å². The molecule has 3 atom stereocenters. The van der Waals surface area contributed by atoms with E-state index in [1.54, 1.807) is 6.07 Å². The normalized spacial score (nSPS) is 24.9. The van der Waals surface area contributed by atoms with Crippen molar-refractivity contribution in [2.75, 3.05) is 39.8 Å².